The topological polar surface area (TPSA) is 74.8 Å². The van der Waals surface area contributed by atoms with Crippen molar-refractivity contribution in [1.29, 1.82) is 0 Å². The zero-order valence-corrected chi connectivity index (χ0v) is 13.5. The van der Waals surface area contributed by atoms with E-state index in [1.807, 2.05) is 19.1 Å². The predicted molar refractivity (Wildman–Crippen MR) is 84.9 cm³/mol. The van der Waals surface area contributed by atoms with Gasteiger partial charge in [0.2, 0.25) is 5.91 Å². The Morgan fingerprint density at radius 3 is 2.78 bits per heavy atom. The lowest BCUT2D eigenvalue weighted by Gasteiger charge is -2.36. The average Bonchev–Trinajstić information content (AvgIpc) is 3.19. The van der Waals surface area contributed by atoms with Gasteiger partial charge in [-0.15, -0.1) is 0 Å². The van der Waals surface area contributed by atoms with E-state index in [2.05, 4.69) is 20.3 Å². The minimum Gasteiger partial charge on any atom is -0.468 e. The maximum atomic E-state index is 12.3. The molecule has 0 bridgehead atoms. The van der Waals surface area contributed by atoms with Crippen LogP contribution in [0.25, 0.3) is 0 Å². The van der Waals surface area contributed by atoms with Gasteiger partial charge in [-0.2, -0.15) is 0 Å². The van der Waals surface area contributed by atoms with Gasteiger partial charge in [0.1, 0.15) is 11.5 Å². The van der Waals surface area contributed by atoms with Crippen LogP contribution < -0.4 is 5.32 Å². The zero-order chi connectivity index (χ0) is 16.2. The molecule has 1 amide bonds. The third-order valence-corrected chi connectivity index (χ3v) is 4.17. The number of anilines is 1. The molecule has 0 saturated carbocycles. The first-order valence-corrected chi connectivity index (χ1v) is 7.85. The van der Waals surface area contributed by atoms with Crippen LogP contribution in [0.2, 0.25) is 0 Å². The van der Waals surface area contributed by atoms with Crippen LogP contribution in [0.4, 0.5) is 5.82 Å². The van der Waals surface area contributed by atoms with Crippen molar-refractivity contribution in [2.24, 2.45) is 0 Å². The highest BCUT2D eigenvalue weighted by molar-refractivity contribution is 5.93. The molecule has 0 radical (unpaired) electrons. The van der Waals surface area contributed by atoms with Gasteiger partial charge in [0.25, 0.3) is 0 Å². The number of furan rings is 1. The molecule has 3 rings (SSSR count). The summed E-state index contributed by atoms with van der Waals surface area (Å²) in [6, 6.07) is 5.41. The standard InChI is InChI=1S/C16H22N4O3/c1-12-10-15(18-23-12)17-16(21)13(2)20-7-5-19(6-8-20)11-14-4-3-9-22-14/h3-4,9-10,13H,5-8,11H2,1-2H3,(H,17,18,21)/t13-/m1/s1. The molecule has 2 aromatic heterocycles. The number of amides is 1. The molecule has 124 valence electrons. The smallest absolute Gasteiger partial charge is 0.242 e. The molecule has 3 heterocycles. The van der Waals surface area contributed by atoms with E-state index in [-0.39, 0.29) is 11.9 Å². The molecule has 1 atom stereocenters. The summed E-state index contributed by atoms with van der Waals surface area (Å²) in [5.41, 5.74) is 0. The van der Waals surface area contributed by atoms with Crippen LogP contribution in [0.1, 0.15) is 18.4 Å². The molecule has 0 spiro atoms. The molecule has 1 fully saturated rings. The number of carbonyl (C=O) groups is 1. The van der Waals surface area contributed by atoms with E-state index in [9.17, 15) is 4.79 Å². The van der Waals surface area contributed by atoms with E-state index in [4.69, 9.17) is 8.94 Å². The monoisotopic (exact) mass is 318 g/mol. The van der Waals surface area contributed by atoms with Gasteiger partial charge in [-0.3, -0.25) is 14.6 Å². The van der Waals surface area contributed by atoms with Crippen molar-refractivity contribution in [2.75, 3.05) is 31.5 Å². The number of hydrogen-bond acceptors (Lipinski definition) is 6. The third kappa shape index (κ3) is 4.00. The fourth-order valence-corrected chi connectivity index (χ4v) is 2.75. The Kier molecular flexibility index (Phi) is 4.78. The molecular formula is C16H22N4O3. The van der Waals surface area contributed by atoms with Gasteiger partial charge < -0.3 is 14.3 Å². The van der Waals surface area contributed by atoms with Crippen molar-refractivity contribution < 1.29 is 13.7 Å². The summed E-state index contributed by atoms with van der Waals surface area (Å²) < 4.78 is 10.3. The Hall–Kier alpha value is -2.12. The highest BCUT2D eigenvalue weighted by Crippen LogP contribution is 2.13. The second kappa shape index (κ2) is 6.97. The van der Waals surface area contributed by atoms with Crippen LogP contribution in [0.5, 0.6) is 0 Å². The van der Waals surface area contributed by atoms with E-state index in [1.54, 1.807) is 19.3 Å². The van der Waals surface area contributed by atoms with Gasteiger partial charge in [-0.05, 0) is 26.0 Å². The number of aryl methyl sites for hydroxylation is 1. The van der Waals surface area contributed by atoms with E-state index in [0.29, 0.717) is 11.6 Å². The number of aromatic nitrogens is 1. The summed E-state index contributed by atoms with van der Waals surface area (Å²) >= 11 is 0. The Morgan fingerprint density at radius 1 is 1.39 bits per heavy atom. The maximum absolute atomic E-state index is 12.3. The minimum atomic E-state index is -0.197. The van der Waals surface area contributed by atoms with Crippen LogP contribution in [0.3, 0.4) is 0 Å². The Labute approximate surface area is 135 Å². The van der Waals surface area contributed by atoms with Crippen molar-refractivity contribution in [3.8, 4) is 0 Å². The summed E-state index contributed by atoms with van der Waals surface area (Å²) in [6.45, 7) is 8.08. The maximum Gasteiger partial charge on any atom is 0.242 e. The van der Waals surface area contributed by atoms with Crippen molar-refractivity contribution in [2.45, 2.75) is 26.4 Å². The highest BCUT2D eigenvalue weighted by atomic mass is 16.5. The molecule has 2 aromatic rings. The summed E-state index contributed by atoms with van der Waals surface area (Å²) in [6.07, 6.45) is 1.70. The van der Waals surface area contributed by atoms with Gasteiger partial charge in [0.05, 0.1) is 18.8 Å². The Bertz CT molecular complexity index is 630. The Morgan fingerprint density at radius 2 is 2.17 bits per heavy atom. The quantitative estimate of drug-likeness (QED) is 0.905. The molecule has 23 heavy (non-hydrogen) atoms. The number of nitrogens with one attached hydrogen (secondary N) is 1. The summed E-state index contributed by atoms with van der Waals surface area (Å²) in [5, 5.41) is 6.59. The number of hydrogen-bond donors (Lipinski definition) is 1. The van der Waals surface area contributed by atoms with E-state index < -0.39 is 0 Å². The molecule has 0 aliphatic carbocycles. The molecule has 1 aliphatic rings. The molecule has 7 heteroatoms. The molecular weight excluding hydrogens is 296 g/mol. The molecule has 1 aliphatic heterocycles. The number of rotatable bonds is 5. The van der Waals surface area contributed by atoms with Crippen molar-refractivity contribution in [1.82, 2.24) is 15.0 Å². The summed E-state index contributed by atoms with van der Waals surface area (Å²) in [4.78, 5) is 16.8. The predicted octanol–water partition coefficient (Wildman–Crippen LogP) is 1.72. The van der Waals surface area contributed by atoms with Gasteiger partial charge >= 0.3 is 0 Å². The lowest BCUT2D eigenvalue weighted by atomic mass is 10.2. The molecule has 7 nitrogen and oxygen atoms in total. The fourth-order valence-electron chi connectivity index (χ4n) is 2.75. The SMILES string of the molecule is Cc1cc(NC(=O)[C@@H](C)N2CCN(Cc3ccco3)CC2)no1. The van der Waals surface area contributed by atoms with Gasteiger partial charge in [0, 0.05) is 32.2 Å². The first-order valence-electron chi connectivity index (χ1n) is 7.85. The Balaban J connectivity index is 1.47. The van der Waals surface area contributed by atoms with Crippen LogP contribution in [-0.2, 0) is 11.3 Å². The zero-order valence-electron chi connectivity index (χ0n) is 13.5. The van der Waals surface area contributed by atoms with Crippen molar-refractivity contribution in [3.05, 3.63) is 36.0 Å². The van der Waals surface area contributed by atoms with Crippen LogP contribution in [0, 0.1) is 6.92 Å². The normalized spacial score (nSPS) is 18.0. The number of piperazine rings is 1. The fraction of sp³-hybridized carbons (Fsp3) is 0.500. The number of nitrogens with zero attached hydrogens (tertiary/aromatic N) is 3. The molecule has 0 unspecified atom stereocenters. The van der Waals surface area contributed by atoms with E-state index in [0.717, 1.165) is 38.5 Å². The molecule has 1 saturated heterocycles. The van der Waals surface area contributed by atoms with Crippen molar-refractivity contribution in [3.63, 3.8) is 0 Å². The second-order valence-corrected chi connectivity index (χ2v) is 5.88. The van der Waals surface area contributed by atoms with Crippen LogP contribution in [-0.4, -0.2) is 53.1 Å². The van der Waals surface area contributed by atoms with Gasteiger partial charge in [-0.1, -0.05) is 5.16 Å². The van der Waals surface area contributed by atoms with E-state index in [1.165, 1.54) is 0 Å². The third-order valence-electron chi connectivity index (χ3n) is 4.17. The molecule has 0 aromatic carbocycles. The van der Waals surface area contributed by atoms with Gasteiger partial charge in [-0.25, -0.2) is 0 Å². The first kappa shape index (κ1) is 15.8. The summed E-state index contributed by atoms with van der Waals surface area (Å²) in [7, 11) is 0. The van der Waals surface area contributed by atoms with E-state index >= 15 is 0 Å². The second-order valence-electron chi connectivity index (χ2n) is 5.88. The lowest BCUT2D eigenvalue weighted by Crippen LogP contribution is -2.52. The lowest BCUT2D eigenvalue weighted by molar-refractivity contribution is -0.121. The minimum absolute atomic E-state index is 0.0576. The average molecular weight is 318 g/mol. The van der Waals surface area contributed by atoms with Crippen LogP contribution in [0.15, 0.2) is 33.4 Å². The number of carbonyl (C=O) groups excluding carboxylic acids is 1. The highest BCUT2D eigenvalue weighted by Gasteiger charge is 2.26. The molecule has 1 N–H and O–H groups in total. The van der Waals surface area contributed by atoms with Crippen molar-refractivity contribution >= 4 is 11.7 Å². The summed E-state index contributed by atoms with van der Waals surface area (Å²) in [5.74, 6) is 2.07. The largest absolute Gasteiger partial charge is 0.468 e. The first-order chi connectivity index (χ1) is 11.1. The van der Waals surface area contributed by atoms with Gasteiger partial charge in [0.15, 0.2) is 5.82 Å². The van der Waals surface area contributed by atoms with Crippen LogP contribution >= 0.6 is 0 Å².